The van der Waals surface area contributed by atoms with Crippen LogP contribution < -0.4 is 0 Å². The topological polar surface area (TPSA) is 41.8 Å². The van der Waals surface area contributed by atoms with Crippen LogP contribution in [0.15, 0.2) is 5.16 Å². The number of halogens is 3. The predicted octanol–water partition coefficient (Wildman–Crippen LogP) is 1.84. The third-order valence-corrected chi connectivity index (χ3v) is 2.18. The molecule has 0 unspecified atom stereocenters. The Morgan fingerprint density at radius 3 is 2.36 bits per heavy atom. The lowest BCUT2D eigenvalue weighted by molar-refractivity contribution is -0.181. The largest absolute Gasteiger partial charge is 0.355 e. The van der Waals surface area contributed by atoms with Crippen molar-refractivity contribution >= 4 is 40.5 Å². The summed E-state index contributed by atoms with van der Waals surface area (Å²) in [6.07, 6.45) is 0.115. The molecule has 64 valence electrons. The molecule has 0 aromatic carbocycles. The fourth-order valence-corrected chi connectivity index (χ4v) is 1.02. The van der Waals surface area contributed by atoms with Gasteiger partial charge in [0.2, 0.25) is 0 Å². The minimum Gasteiger partial charge on any atom is -0.355 e. The fraction of sp³-hybridized carbons (Fsp3) is 0.800. The van der Waals surface area contributed by atoms with E-state index < -0.39 is 9.58 Å². The Bertz CT molecular complexity index is 200. The lowest BCUT2D eigenvalue weighted by atomic mass is 10.2. The van der Waals surface area contributed by atoms with Crippen LogP contribution in [0, 0.1) is 0 Å². The Morgan fingerprint density at radius 1 is 1.64 bits per heavy atom. The van der Waals surface area contributed by atoms with Crippen LogP contribution in [0.1, 0.15) is 13.3 Å². The first kappa shape index (κ1) is 9.39. The van der Waals surface area contributed by atoms with E-state index in [2.05, 4.69) is 9.99 Å². The maximum atomic E-state index is 9.47. The van der Waals surface area contributed by atoms with Gasteiger partial charge in [-0.05, 0) is 6.92 Å². The van der Waals surface area contributed by atoms with E-state index in [1.165, 1.54) is 0 Å². The molecule has 0 aliphatic carbocycles. The van der Waals surface area contributed by atoms with Gasteiger partial charge in [-0.15, -0.1) is 0 Å². The molecule has 11 heavy (non-hydrogen) atoms. The zero-order valence-corrected chi connectivity index (χ0v) is 7.91. The van der Waals surface area contributed by atoms with Crippen molar-refractivity contribution in [2.45, 2.75) is 22.9 Å². The molecule has 1 aliphatic rings. The Kier molecular flexibility index (Phi) is 2.27. The molecule has 0 bridgehead atoms. The smallest absolute Gasteiger partial charge is 0.287 e. The molecule has 1 atom stereocenters. The number of hydrogen-bond donors (Lipinski definition) is 1. The third kappa shape index (κ3) is 1.72. The summed E-state index contributed by atoms with van der Waals surface area (Å²) in [7, 11) is 0. The first-order valence-electron chi connectivity index (χ1n) is 2.86. The quantitative estimate of drug-likeness (QED) is 0.631. The summed E-state index contributed by atoms with van der Waals surface area (Å²) >= 11 is 16.3. The number of oxime groups is 1. The first-order chi connectivity index (χ1) is 4.85. The summed E-state index contributed by atoms with van der Waals surface area (Å²) in [5, 5.41) is 12.9. The minimum absolute atomic E-state index is 0.115. The molecule has 1 aliphatic heterocycles. The lowest BCUT2D eigenvalue weighted by Crippen LogP contribution is -2.42. The summed E-state index contributed by atoms with van der Waals surface area (Å²) in [5.41, 5.74) is 0.596. The zero-order valence-electron chi connectivity index (χ0n) is 5.64. The normalized spacial score (nSPS) is 31.5. The fourth-order valence-electron chi connectivity index (χ4n) is 0.717. The van der Waals surface area contributed by atoms with Crippen LogP contribution in [0.4, 0.5) is 0 Å². The van der Waals surface area contributed by atoms with Gasteiger partial charge < -0.3 is 9.94 Å². The van der Waals surface area contributed by atoms with Gasteiger partial charge in [0.25, 0.3) is 9.58 Å². The molecule has 0 aromatic heterocycles. The molecule has 0 fully saturated rings. The van der Waals surface area contributed by atoms with Crippen molar-refractivity contribution in [3.05, 3.63) is 0 Å². The van der Waals surface area contributed by atoms with Crippen molar-refractivity contribution in [3.63, 3.8) is 0 Å². The second kappa shape index (κ2) is 2.66. The van der Waals surface area contributed by atoms with E-state index in [9.17, 15) is 5.11 Å². The van der Waals surface area contributed by atoms with Gasteiger partial charge in [0.1, 0.15) is 0 Å². The van der Waals surface area contributed by atoms with Gasteiger partial charge in [0, 0.05) is 0 Å². The molecular weight excluding hydrogens is 212 g/mol. The molecule has 0 saturated heterocycles. The average Bonchev–Trinajstić information content (AvgIpc) is 2.10. The predicted molar refractivity (Wildman–Crippen MR) is 44.1 cm³/mol. The molecule has 0 radical (unpaired) electrons. The van der Waals surface area contributed by atoms with Gasteiger partial charge in [0.15, 0.2) is 0 Å². The van der Waals surface area contributed by atoms with Crippen molar-refractivity contribution in [1.29, 1.82) is 0 Å². The summed E-state index contributed by atoms with van der Waals surface area (Å²) in [6, 6.07) is 0. The Labute approximate surface area is 78.9 Å². The van der Waals surface area contributed by atoms with Crippen LogP contribution in [0.2, 0.25) is 0 Å². The van der Waals surface area contributed by atoms with Crippen LogP contribution in [-0.2, 0) is 4.84 Å². The molecule has 6 heteroatoms. The number of rotatable bonds is 0. The van der Waals surface area contributed by atoms with Gasteiger partial charge in [0.05, 0.1) is 12.1 Å². The number of alkyl halides is 3. The monoisotopic (exact) mass is 217 g/mol. The molecule has 1 rings (SSSR count). The van der Waals surface area contributed by atoms with E-state index in [0.717, 1.165) is 0 Å². The average molecular weight is 218 g/mol. The van der Waals surface area contributed by atoms with Gasteiger partial charge in [-0.1, -0.05) is 40.0 Å². The molecule has 0 amide bonds. The highest BCUT2D eigenvalue weighted by atomic mass is 35.6. The second-order valence-corrected chi connectivity index (χ2v) is 4.66. The molecular formula is C5H6Cl3NO2. The van der Waals surface area contributed by atoms with Gasteiger partial charge >= 0.3 is 0 Å². The summed E-state index contributed by atoms with van der Waals surface area (Å²) in [4.78, 5) is 4.56. The SMILES string of the molecule is CC1=NO[C@](O)(C(Cl)(Cl)Cl)C1. The third-order valence-electron chi connectivity index (χ3n) is 1.29. The van der Waals surface area contributed by atoms with Crippen molar-refractivity contribution in [1.82, 2.24) is 0 Å². The molecule has 0 aromatic rings. The number of nitrogens with zero attached hydrogens (tertiary/aromatic N) is 1. The van der Waals surface area contributed by atoms with Crippen molar-refractivity contribution in [2.24, 2.45) is 5.16 Å². The highest BCUT2D eigenvalue weighted by Crippen LogP contribution is 2.43. The van der Waals surface area contributed by atoms with E-state index in [1.807, 2.05) is 0 Å². The van der Waals surface area contributed by atoms with Crippen LogP contribution in [0.3, 0.4) is 0 Å². The second-order valence-electron chi connectivity index (χ2n) is 2.38. The van der Waals surface area contributed by atoms with Crippen molar-refractivity contribution < 1.29 is 9.94 Å². The van der Waals surface area contributed by atoms with E-state index in [-0.39, 0.29) is 6.42 Å². The van der Waals surface area contributed by atoms with E-state index >= 15 is 0 Å². The van der Waals surface area contributed by atoms with Crippen LogP contribution in [0.25, 0.3) is 0 Å². The highest BCUT2D eigenvalue weighted by molar-refractivity contribution is 6.68. The standard InChI is InChI=1S/C5H6Cl3NO2/c1-3-2-4(10,11-9-3)5(6,7)8/h10H,2H2,1H3/t4-/m0/s1. The van der Waals surface area contributed by atoms with Crippen LogP contribution in [0.5, 0.6) is 0 Å². The van der Waals surface area contributed by atoms with E-state index in [0.29, 0.717) is 5.71 Å². The van der Waals surface area contributed by atoms with E-state index in [1.54, 1.807) is 6.92 Å². The molecule has 1 N–H and O–H groups in total. The molecule has 0 saturated carbocycles. The van der Waals surface area contributed by atoms with Crippen molar-refractivity contribution in [3.8, 4) is 0 Å². The Morgan fingerprint density at radius 2 is 2.18 bits per heavy atom. The molecule has 0 spiro atoms. The number of aliphatic hydroxyl groups is 1. The van der Waals surface area contributed by atoms with Crippen LogP contribution >= 0.6 is 34.8 Å². The molecule has 1 heterocycles. The molecule has 3 nitrogen and oxygen atoms in total. The van der Waals surface area contributed by atoms with Gasteiger partial charge in [-0.3, -0.25) is 0 Å². The maximum absolute atomic E-state index is 9.47. The minimum atomic E-state index is -1.87. The lowest BCUT2D eigenvalue weighted by Gasteiger charge is -2.26. The van der Waals surface area contributed by atoms with Crippen LogP contribution in [-0.4, -0.2) is 20.4 Å². The number of hydrogen-bond acceptors (Lipinski definition) is 3. The van der Waals surface area contributed by atoms with Gasteiger partial charge in [-0.2, -0.15) is 0 Å². The Balaban J connectivity index is 2.74. The first-order valence-corrected chi connectivity index (χ1v) is 3.99. The summed E-state index contributed by atoms with van der Waals surface area (Å²) in [5.74, 6) is -1.80. The highest BCUT2D eigenvalue weighted by Gasteiger charge is 2.53. The summed E-state index contributed by atoms with van der Waals surface area (Å²) < 4.78 is -1.87. The zero-order chi connectivity index (χ0) is 8.70. The van der Waals surface area contributed by atoms with Gasteiger partial charge in [-0.25, -0.2) is 0 Å². The Hall–Kier alpha value is 0.300. The maximum Gasteiger partial charge on any atom is 0.287 e. The summed E-state index contributed by atoms with van der Waals surface area (Å²) in [6.45, 7) is 1.67. The van der Waals surface area contributed by atoms with E-state index in [4.69, 9.17) is 34.8 Å². The van der Waals surface area contributed by atoms with Crippen molar-refractivity contribution in [2.75, 3.05) is 0 Å².